The molecule has 3 nitrogen and oxygen atoms in total. The van der Waals surface area contributed by atoms with Crippen LogP contribution in [0.4, 0.5) is 0 Å². The highest BCUT2D eigenvalue weighted by Crippen LogP contribution is 2.24. The number of nitriles is 1. The number of rotatable bonds is 3. The van der Waals surface area contributed by atoms with Gasteiger partial charge in [0, 0.05) is 25.6 Å². The Labute approximate surface area is 86.1 Å². The van der Waals surface area contributed by atoms with E-state index in [4.69, 9.17) is 5.26 Å². The first-order chi connectivity index (χ1) is 6.90. The summed E-state index contributed by atoms with van der Waals surface area (Å²) in [4.78, 5) is 2.52. The van der Waals surface area contributed by atoms with E-state index in [-0.39, 0.29) is 0 Å². The number of unbranched alkanes of at least 4 members (excludes halogenated alkanes) is 1. The lowest BCUT2D eigenvalue weighted by Gasteiger charge is -2.24. The molecule has 78 valence electrons. The van der Waals surface area contributed by atoms with Gasteiger partial charge in [0.1, 0.15) is 0 Å². The third-order valence-electron chi connectivity index (χ3n) is 3.44. The lowest BCUT2D eigenvalue weighted by Crippen LogP contribution is -2.40. The molecule has 2 heterocycles. The van der Waals surface area contributed by atoms with Crippen molar-refractivity contribution < 1.29 is 0 Å². The summed E-state index contributed by atoms with van der Waals surface area (Å²) in [5.41, 5.74) is 0. The number of nitrogens with one attached hydrogen (secondary N) is 1. The van der Waals surface area contributed by atoms with Crippen LogP contribution >= 0.6 is 0 Å². The normalized spacial score (nSPS) is 32.5. The van der Waals surface area contributed by atoms with Crippen LogP contribution in [0.1, 0.15) is 25.7 Å². The van der Waals surface area contributed by atoms with Gasteiger partial charge in [0.05, 0.1) is 6.07 Å². The van der Waals surface area contributed by atoms with Gasteiger partial charge >= 0.3 is 0 Å². The van der Waals surface area contributed by atoms with Crippen molar-refractivity contribution in [3.05, 3.63) is 0 Å². The summed E-state index contributed by atoms with van der Waals surface area (Å²) >= 11 is 0. The number of piperidine rings is 1. The first-order valence-electron chi connectivity index (χ1n) is 5.73. The average molecular weight is 193 g/mol. The zero-order chi connectivity index (χ0) is 9.80. The van der Waals surface area contributed by atoms with E-state index in [1.807, 2.05) is 0 Å². The molecule has 0 unspecified atom stereocenters. The molecule has 2 aliphatic rings. The van der Waals surface area contributed by atoms with Crippen molar-refractivity contribution in [1.82, 2.24) is 10.2 Å². The monoisotopic (exact) mass is 193 g/mol. The molecule has 2 rings (SSSR count). The van der Waals surface area contributed by atoms with Gasteiger partial charge in [-0.05, 0) is 38.3 Å². The van der Waals surface area contributed by atoms with Crippen molar-refractivity contribution in [1.29, 1.82) is 5.26 Å². The molecule has 2 fully saturated rings. The van der Waals surface area contributed by atoms with E-state index in [0.717, 1.165) is 24.9 Å². The second kappa shape index (κ2) is 4.77. The maximum atomic E-state index is 8.47. The molecule has 0 amide bonds. The van der Waals surface area contributed by atoms with Gasteiger partial charge in [-0.1, -0.05) is 0 Å². The highest BCUT2D eigenvalue weighted by molar-refractivity contribution is 4.91. The summed E-state index contributed by atoms with van der Waals surface area (Å²) in [6.45, 7) is 4.77. The Kier molecular flexibility index (Phi) is 3.39. The fraction of sp³-hybridized carbons (Fsp3) is 0.909. The second-order valence-electron chi connectivity index (χ2n) is 4.48. The molecule has 2 aliphatic heterocycles. The molecule has 0 spiro atoms. The molecule has 2 saturated heterocycles. The quantitative estimate of drug-likeness (QED) is 0.679. The third-order valence-corrected chi connectivity index (χ3v) is 3.44. The van der Waals surface area contributed by atoms with Crippen molar-refractivity contribution in [3.63, 3.8) is 0 Å². The van der Waals surface area contributed by atoms with Gasteiger partial charge < -0.3 is 10.2 Å². The second-order valence-corrected chi connectivity index (χ2v) is 4.48. The maximum Gasteiger partial charge on any atom is 0.0622 e. The Morgan fingerprint density at radius 1 is 1.43 bits per heavy atom. The summed E-state index contributed by atoms with van der Waals surface area (Å²) in [6, 6.07) is 2.95. The molecule has 2 atom stereocenters. The van der Waals surface area contributed by atoms with E-state index in [2.05, 4.69) is 16.3 Å². The maximum absolute atomic E-state index is 8.47. The fourth-order valence-electron chi connectivity index (χ4n) is 2.70. The van der Waals surface area contributed by atoms with Crippen molar-refractivity contribution in [2.24, 2.45) is 5.92 Å². The zero-order valence-electron chi connectivity index (χ0n) is 8.71. The fourth-order valence-corrected chi connectivity index (χ4v) is 2.70. The van der Waals surface area contributed by atoms with Gasteiger partial charge in [-0.25, -0.2) is 0 Å². The summed E-state index contributed by atoms with van der Waals surface area (Å²) in [5, 5.41) is 12.1. The van der Waals surface area contributed by atoms with Gasteiger partial charge in [0.25, 0.3) is 0 Å². The topological polar surface area (TPSA) is 39.1 Å². The molecule has 1 N–H and O–H groups in total. The number of nitrogens with zero attached hydrogens (tertiary/aromatic N) is 2. The zero-order valence-corrected chi connectivity index (χ0v) is 8.71. The molecular formula is C11H19N3. The molecule has 0 aliphatic carbocycles. The highest BCUT2D eigenvalue weighted by Gasteiger charge is 2.33. The van der Waals surface area contributed by atoms with Crippen LogP contribution in [0, 0.1) is 17.2 Å². The minimum absolute atomic E-state index is 0.708. The van der Waals surface area contributed by atoms with Gasteiger partial charge in [0.15, 0.2) is 0 Å². The Balaban J connectivity index is 1.73. The summed E-state index contributed by atoms with van der Waals surface area (Å²) < 4.78 is 0. The Morgan fingerprint density at radius 3 is 3.14 bits per heavy atom. The molecule has 0 aromatic heterocycles. The van der Waals surface area contributed by atoms with Crippen LogP contribution < -0.4 is 5.32 Å². The number of hydrogen-bond acceptors (Lipinski definition) is 3. The molecule has 0 aromatic rings. The van der Waals surface area contributed by atoms with E-state index in [1.54, 1.807) is 0 Å². The summed E-state index contributed by atoms with van der Waals surface area (Å²) in [5.74, 6) is 0.880. The first-order valence-corrected chi connectivity index (χ1v) is 5.73. The predicted molar refractivity (Wildman–Crippen MR) is 55.8 cm³/mol. The highest BCUT2D eigenvalue weighted by atomic mass is 15.2. The van der Waals surface area contributed by atoms with Gasteiger partial charge in [-0.15, -0.1) is 0 Å². The van der Waals surface area contributed by atoms with E-state index in [1.165, 1.54) is 32.5 Å². The molecule has 0 bridgehead atoms. The van der Waals surface area contributed by atoms with Crippen LogP contribution in [-0.2, 0) is 0 Å². The lowest BCUT2D eigenvalue weighted by atomic mass is 9.94. The largest absolute Gasteiger partial charge is 0.312 e. The van der Waals surface area contributed by atoms with Crippen LogP contribution in [0.3, 0.4) is 0 Å². The molecule has 0 saturated carbocycles. The molecule has 3 heteroatoms. The van der Waals surface area contributed by atoms with Crippen molar-refractivity contribution in [3.8, 4) is 6.07 Å². The third kappa shape index (κ3) is 2.26. The van der Waals surface area contributed by atoms with E-state index in [9.17, 15) is 0 Å². The van der Waals surface area contributed by atoms with Gasteiger partial charge in [-0.3, -0.25) is 0 Å². The average Bonchev–Trinajstić information content (AvgIpc) is 2.60. The summed E-state index contributed by atoms with van der Waals surface area (Å²) in [6.07, 6.45) is 4.48. The number of likely N-dealkylation sites (tertiary alicyclic amines) is 1. The van der Waals surface area contributed by atoms with Crippen LogP contribution in [0.15, 0.2) is 0 Å². The number of hydrogen-bond donors (Lipinski definition) is 1. The Morgan fingerprint density at radius 2 is 2.36 bits per heavy atom. The van der Waals surface area contributed by atoms with Crippen LogP contribution in [0.25, 0.3) is 0 Å². The smallest absolute Gasteiger partial charge is 0.0622 e. The molecule has 0 radical (unpaired) electrons. The van der Waals surface area contributed by atoms with Crippen LogP contribution in [-0.4, -0.2) is 37.1 Å². The van der Waals surface area contributed by atoms with Gasteiger partial charge in [0.2, 0.25) is 0 Å². The summed E-state index contributed by atoms with van der Waals surface area (Å²) in [7, 11) is 0. The minimum Gasteiger partial charge on any atom is -0.312 e. The van der Waals surface area contributed by atoms with Crippen molar-refractivity contribution >= 4 is 0 Å². The Hall–Kier alpha value is -0.590. The van der Waals surface area contributed by atoms with E-state index >= 15 is 0 Å². The first kappa shape index (κ1) is 9.95. The SMILES string of the molecule is N#CCCCN1C[C@@H]2CCCN[C@@H]2C1. The van der Waals surface area contributed by atoms with Crippen LogP contribution in [0.2, 0.25) is 0 Å². The molecule has 14 heavy (non-hydrogen) atoms. The van der Waals surface area contributed by atoms with Crippen LogP contribution in [0.5, 0.6) is 0 Å². The van der Waals surface area contributed by atoms with E-state index < -0.39 is 0 Å². The standard InChI is InChI=1S/C11H19N3/c12-5-1-2-7-14-8-10-4-3-6-13-11(10)9-14/h10-11,13H,1-4,6-9H2/t10-,11+/m0/s1. The predicted octanol–water partition coefficient (Wildman–Crippen LogP) is 0.974. The molecular weight excluding hydrogens is 174 g/mol. The van der Waals surface area contributed by atoms with Crippen molar-refractivity contribution in [2.75, 3.05) is 26.2 Å². The number of fused-ring (bicyclic) bond motifs is 1. The van der Waals surface area contributed by atoms with Gasteiger partial charge in [-0.2, -0.15) is 5.26 Å². The van der Waals surface area contributed by atoms with Crippen molar-refractivity contribution in [2.45, 2.75) is 31.7 Å². The lowest BCUT2D eigenvalue weighted by molar-refractivity contribution is 0.317. The minimum atomic E-state index is 0.708. The Bertz CT molecular complexity index is 207. The van der Waals surface area contributed by atoms with E-state index in [0.29, 0.717) is 6.42 Å². The molecule has 0 aromatic carbocycles.